The number of methoxy groups -OCH3 is 1. The molecule has 6 nitrogen and oxygen atoms in total. The zero-order valence-electron chi connectivity index (χ0n) is 15.0. The van der Waals surface area contributed by atoms with Crippen LogP contribution in [0.3, 0.4) is 0 Å². The van der Waals surface area contributed by atoms with E-state index < -0.39 is 5.97 Å². The fourth-order valence-corrected chi connectivity index (χ4v) is 2.98. The molecule has 0 N–H and O–H groups in total. The molecular weight excluding hydrogens is 332 g/mol. The van der Waals surface area contributed by atoms with Crippen molar-refractivity contribution in [2.45, 2.75) is 25.9 Å². The number of rotatable bonds is 4. The Morgan fingerprint density at radius 2 is 1.69 bits per heavy atom. The predicted molar refractivity (Wildman–Crippen MR) is 96.3 cm³/mol. The Kier molecular flexibility index (Phi) is 5.51. The highest BCUT2D eigenvalue weighted by Crippen LogP contribution is 2.19. The molecule has 1 saturated heterocycles. The summed E-state index contributed by atoms with van der Waals surface area (Å²) in [6.07, 6.45) is 1.60. The van der Waals surface area contributed by atoms with E-state index in [1.54, 1.807) is 24.3 Å². The van der Waals surface area contributed by atoms with Crippen molar-refractivity contribution in [1.29, 1.82) is 0 Å². The van der Waals surface area contributed by atoms with Crippen molar-refractivity contribution in [3.8, 4) is 5.88 Å². The fraction of sp³-hybridized carbons (Fsp3) is 0.350. The van der Waals surface area contributed by atoms with Crippen molar-refractivity contribution in [3.05, 3.63) is 59.3 Å². The first-order chi connectivity index (χ1) is 12.6. The van der Waals surface area contributed by atoms with Gasteiger partial charge in [0.15, 0.2) is 0 Å². The van der Waals surface area contributed by atoms with Crippen LogP contribution < -0.4 is 4.74 Å². The molecule has 136 valence electrons. The Bertz CT molecular complexity index is 781. The molecule has 0 atom stereocenters. The number of ether oxygens (including phenoxy) is 2. The molecule has 3 rings (SSSR count). The van der Waals surface area contributed by atoms with Crippen LogP contribution in [0.4, 0.5) is 0 Å². The number of piperidine rings is 1. The van der Waals surface area contributed by atoms with Crippen molar-refractivity contribution in [2.75, 3.05) is 20.2 Å². The Labute approximate surface area is 152 Å². The van der Waals surface area contributed by atoms with E-state index >= 15 is 0 Å². The van der Waals surface area contributed by atoms with E-state index in [1.807, 2.05) is 30.0 Å². The average Bonchev–Trinajstić information content (AvgIpc) is 2.67. The molecule has 1 aliphatic rings. The van der Waals surface area contributed by atoms with Gasteiger partial charge in [-0.1, -0.05) is 6.07 Å². The first-order valence-corrected chi connectivity index (χ1v) is 8.65. The highest BCUT2D eigenvalue weighted by Gasteiger charge is 2.25. The molecule has 1 amide bonds. The number of aromatic nitrogens is 1. The van der Waals surface area contributed by atoms with E-state index in [4.69, 9.17) is 4.74 Å². The molecule has 1 aromatic heterocycles. The second-order valence-corrected chi connectivity index (χ2v) is 6.30. The second kappa shape index (κ2) is 7.99. The average molecular weight is 354 g/mol. The Balaban J connectivity index is 1.55. The number of benzene rings is 1. The summed E-state index contributed by atoms with van der Waals surface area (Å²) in [5.41, 5.74) is 1.92. The molecule has 0 bridgehead atoms. The standard InChI is InChI=1S/C20H22N2O4/c1-14-4-3-5-18(21-14)26-17-10-12-22(13-11-17)19(23)15-6-8-16(9-7-15)20(24)25-2/h3-9,17H,10-13H2,1-2H3. The van der Waals surface area contributed by atoms with Gasteiger partial charge in [-0.25, -0.2) is 9.78 Å². The molecule has 0 saturated carbocycles. The van der Waals surface area contributed by atoms with Crippen LogP contribution >= 0.6 is 0 Å². The quantitative estimate of drug-likeness (QED) is 0.790. The summed E-state index contributed by atoms with van der Waals surface area (Å²) < 4.78 is 10.6. The molecular formula is C20H22N2O4. The molecule has 1 aromatic carbocycles. The zero-order valence-corrected chi connectivity index (χ0v) is 15.0. The third kappa shape index (κ3) is 4.20. The molecule has 0 aliphatic carbocycles. The van der Waals surface area contributed by atoms with Gasteiger partial charge in [0.25, 0.3) is 5.91 Å². The number of hydrogen-bond donors (Lipinski definition) is 0. The van der Waals surface area contributed by atoms with Gasteiger partial charge in [-0.3, -0.25) is 4.79 Å². The minimum Gasteiger partial charge on any atom is -0.474 e. The Hall–Kier alpha value is -2.89. The number of carbonyl (C=O) groups is 2. The summed E-state index contributed by atoms with van der Waals surface area (Å²) >= 11 is 0. The number of nitrogens with zero attached hydrogens (tertiary/aromatic N) is 2. The van der Waals surface area contributed by atoms with Crippen LogP contribution in [0.1, 0.15) is 39.3 Å². The lowest BCUT2D eigenvalue weighted by molar-refractivity contribution is 0.0579. The monoisotopic (exact) mass is 354 g/mol. The lowest BCUT2D eigenvalue weighted by Crippen LogP contribution is -2.41. The molecule has 26 heavy (non-hydrogen) atoms. The molecule has 2 heterocycles. The van der Waals surface area contributed by atoms with Gasteiger partial charge >= 0.3 is 5.97 Å². The summed E-state index contributed by atoms with van der Waals surface area (Å²) in [6, 6.07) is 12.2. The summed E-state index contributed by atoms with van der Waals surface area (Å²) in [5.74, 6) is 0.188. The van der Waals surface area contributed by atoms with E-state index in [0.717, 1.165) is 18.5 Å². The van der Waals surface area contributed by atoms with Crippen molar-refractivity contribution < 1.29 is 19.1 Å². The van der Waals surface area contributed by atoms with Crippen LogP contribution in [0.2, 0.25) is 0 Å². The molecule has 1 fully saturated rings. The van der Waals surface area contributed by atoms with Crippen LogP contribution in [0, 0.1) is 6.92 Å². The number of amides is 1. The Morgan fingerprint density at radius 3 is 2.31 bits per heavy atom. The molecule has 1 aliphatic heterocycles. The lowest BCUT2D eigenvalue weighted by Gasteiger charge is -2.32. The number of pyridine rings is 1. The summed E-state index contributed by atoms with van der Waals surface area (Å²) in [5, 5.41) is 0. The molecule has 0 unspecified atom stereocenters. The highest BCUT2D eigenvalue weighted by molar-refractivity contribution is 5.96. The fourth-order valence-electron chi connectivity index (χ4n) is 2.98. The minimum absolute atomic E-state index is 0.0338. The Morgan fingerprint density at radius 1 is 1.04 bits per heavy atom. The van der Waals surface area contributed by atoms with Crippen molar-refractivity contribution in [1.82, 2.24) is 9.88 Å². The van der Waals surface area contributed by atoms with Crippen LogP contribution in [0.25, 0.3) is 0 Å². The number of esters is 1. The van der Waals surface area contributed by atoms with Crippen molar-refractivity contribution in [3.63, 3.8) is 0 Å². The van der Waals surface area contributed by atoms with E-state index in [0.29, 0.717) is 30.1 Å². The number of aryl methyl sites for hydroxylation is 1. The zero-order chi connectivity index (χ0) is 18.5. The summed E-state index contributed by atoms with van der Waals surface area (Å²) in [4.78, 5) is 30.3. The number of carbonyl (C=O) groups excluding carboxylic acids is 2. The van der Waals surface area contributed by atoms with Gasteiger partial charge in [-0.05, 0) is 37.3 Å². The van der Waals surface area contributed by atoms with Crippen molar-refractivity contribution >= 4 is 11.9 Å². The van der Waals surface area contributed by atoms with Gasteiger partial charge < -0.3 is 14.4 Å². The van der Waals surface area contributed by atoms with E-state index in [2.05, 4.69) is 9.72 Å². The first-order valence-electron chi connectivity index (χ1n) is 8.65. The maximum absolute atomic E-state index is 12.6. The smallest absolute Gasteiger partial charge is 0.337 e. The maximum Gasteiger partial charge on any atom is 0.337 e. The van der Waals surface area contributed by atoms with Gasteiger partial charge in [-0.2, -0.15) is 0 Å². The van der Waals surface area contributed by atoms with E-state index in [1.165, 1.54) is 7.11 Å². The molecule has 6 heteroatoms. The van der Waals surface area contributed by atoms with Gasteiger partial charge in [0.1, 0.15) is 6.10 Å². The van der Waals surface area contributed by atoms with Crippen LogP contribution in [-0.2, 0) is 4.74 Å². The van der Waals surface area contributed by atoms with Crippen LogP contribution in [-0.4, -0.2) is 48.1 Å². The topological polar surface area (TPSA) is 68.7 Å². The van der Waals surface area contributed by atoms with Crippen LogP contribution in [0.15, 0.2) is 42.5 Å². The second-order valence-electron chi connectivity index (χ2n) is 6.30. The molecule has 2 aromatic rings. The maximum atomic E-state index is 12.6. The minimum atomic E-state index is -0.410. The number of likely N-dealkylation sites (tertiary alicyclic amines) is 1. The molecule has 0 radical (unpaired) electrons. The number of hydrogen-bond acceptors (Lipinski definition) is 5. The van der Waals surface area contributed by atoms with E-state index in [9.17, 15) is 9.59 Å². The van der Waals surface area contributed by atoms with Gasteiger partial charge in [0.2, 0.25) is 5.88 Å². The third-order valence-corrected chi connectivity index (χ3v) is 4.43. The van der Waals surface area contributed by atoms with Crippen LogP contribution in [0.5, 0.6) is 5.88 Å². The third-order valence-electron chi connectivity index (χ3n) is 4.43. The van der Waals surface area contributed by atoms with Gasteiger partial charge in [-0.15, -0.1) is 0 Å². The van der Waals surface area contributed by atoms with Crippen molar-refractivity contribution in [2.24, 2.45) is 0 Å². The predicted octanol–water partition coefficient (Wildman–Crippen LogP) is 2.86. The lowest BCUT2D eigenvalue weighted by atomic mass is 10.1. The summed E-state index contributed by atoms with van der Waals surface area (Å²) in [6.45, 7) is 3.20. The first kappa shape index (κ1) is 17.9. The van der Waals surface area contributed by atoms with Gasteiger partial charge in [0.05, 0.1) is 12.7 Å². The van der Waals surface area contributed by atoms with E-state index in [-0.39, 0.29) is 12.0 Å². The largest absolute Gasteiger partial charge is 0.474 e. The van der Waals surface area contributed by atoms with Gasteiger partial charge in [0, 0.05) is 43.3 Å². The molecule has 0 spiro atoms. The highest BCUT2D eigenvalue weighted by atomic mass is 16.5. The summed E-state index contributed by atoms with van der Waals surface area (Å²) in [7, 11) is 1.33. The normalized spacial score (nSPS) is 14.8. The SMILES string of the molecule is COC(=O)c1ccc(C(=O)N2CCC(Oc3cccc(C)n3)CC2)cc1.